The molecule has 4 aromatic carbocycles. The summed E-state index contributed by atoms with van der Waals surface area (Å²) in [5, 5.41) is 14.8. The lowest BCUT2D eigenvalue weighted by Gasteiger charge is -2.28. The van der Waals surface area contributed by atoms with Crippen molar-refractivity contribution in [1.82, 2.24) is 0 Å². The molecule has 9 heteroatoms. The maximum Gasteiger partial charge on any atom is 0.412 e. The number of benzene rings is 4. The van der Waals surface area contributed by atoms with Gasteiger partial charge in [-0.25, -0.2) is 4.79 Å². The van der Waals surface area contributed by atoms with Gasteiger partial charge in [-0.1, -0.05) is 66.2 Å². The smallest absolute Gasteiger partial charge is 0.412 e. The number of nitrogens with one attached hydrogen (secondary N) is 2. The molecule has 0 aliphatic carbocycles. The molecule has 0 aromatic heterocycles. The molecular weight excluding hydrogens is 558 g/mol. The van der Waals surface area contributed by atoms with Gasteiger partial charge in [-0.05, 0) is 79.9 Å². The van der Waals surface area contributed by atoms with Gasteiger partial charge in [0.1, 0.15) is 24.2 Å². The van der Waals surface area contributed by atoms with Crippen LogP contribution < -0.4 is 25.8 Å². The van der Waals surface area contributed by atoms with Crippen molar-refractivity contribution in [3.63, 3.8) is 0 Å². The lowest BCUT2D eigenvalue weighted by Crippen LogP contribution is -2.31. The SMILES string of the molecule is Cc1ccc(NC(=O)O[C@@H](c2cccc(OCCO)c2)[C@H](CC/C=C/C(=O)Nc2ccccc2N)Oc2ccccc2)cc1. The van der Waals surface area contributed by atoms with E-state index in [0.29, 0.717) is 47.0 Å². The van der Waals surface area contributed by atoms with Gasteiger partial charge in [-0.3, -0.25) is 10.1 Å². The number of rotatable bonds is 14. The van der Waals surface area contributed by atoms with E-state index in [1.807, 2.05) is 55.5 Å². The fourth-order valence-electron chi connectivity index (χ4n) is 4.38. The molecule has 0 bridgehead atoms. The summed E-state index contributed by atoms with van der Waals surface area (Å²) in [4.78, 5) is 25.7. The van der Waals surface area contributed by atoms with Crippen LogP contribution in [0.2, 0.25) is 0 Å². The van der Waals surface area contributed by atoms with E-state index in [9.17, 15) is 14.7 Å². The number of allylic oxidation sites excluding steroid dienone is 1. The van der Waals surface area contributed by atoms with Crippen molar-refractivity contribution >= 4 is 29.1 Å². The minimum atomic E-state index is -0.857. The van der Waals surface area contributed by atoms with Gasteiger partial charge in [-0.2, -0.15) is 0 Å². The molecule has 5 N–H and O–H groups in total. The summed E-state index contributed by atoms with van der Waals surface area (Å²) in [6.45, 7) is 1.94. The van der Waals surface area contributed by atoms with Crippen LogP contribution in [0.4, 0.5) is 21.9 Å². The average molecular weight is 596 g/mol. The van der Waals surface area contributed by atoms with Crippen LogP contribution in [-0.4, -0.2) is 36.4 Å². The van der Waals surface area contributed by atoms with Crippen LogP contribution >= 0.6 is 0 Å². The Morgan fingerprint density at radius 1 is 0.886 bits per heavy atom. The molecule has 2 atom stereocenters. The lowest BCUT2D eigenvalue weighted by atomic mass is 9.99. The molecule has 0 aliphatic heterocycles. The molecule has 0 spiro atoms. The molecule has 0 aliphatic rings. The number of nitrogen functional groups attached to an aromatic ring is 1. The monoisotopic (exact) mass is 595 g/mol. The highest BCUT2D eigenvalue weighted by atomic mass is 16.6. The summed E-state index contributed by atoms with van der Waals surface area (Å²) >= 11 is 0. The molecule has 0 fully saturated rings. The molecule has 9 nitrogen and oxygen atoms in total. The van der Waals surface area contributed by atoms with E-state index in [4.69, 9.17) is 19.9 Å². The Kier molecular flexibility index (Phi) is 11.8. The first-order valence-corrected chi connectivity index (χ1v) is 14.3. The molecule has 0 saturated carbocycles. The van der Waals surface area contributed by atoms with Gasteiger partial charge in [0, 0.05) is 5.69 Å². The van der Waals surface area contributed by atoms with Crippen molar-refractivity contribution in [1.29, 1.82) is 0 Å². The van der Waals surface area contributed by atoms with Gasteiger partial charge < -0.3 is 30.4 Å². The number of nitrogens with two attached hydrogens (primary N) is 1. The van der Waals surface area contributed by atoms with E-state index in [2.05, 4.69) is 10.6 Å². The van der Waals surface area contributed by atoms with Crippen LogP contribution in [0.15, 0.2) is 115 Å². The highest BCUT2D eigenvalue weighted by Gasteiger charge is 2.29. The molecule has 0 heterocycles. The third-order valence-corrected chi connectivity index (χ3v) is 6.55. The third kappa shape index (κ3) is 9.92. The van der Waals surface area contributed by atoms with Gasteiger partial charge in [0.15, 0.2) is 6.10 Å². The fraction of sp³-hybridized carbons (Fsp3) is 0.200. The maximum absolute atomic E-state index is 13.2. The van der Waals surface area contributed by atoms with Crippen molar-refractivity contribution in [2.45, 2.75) is 32.0 Å². The van der Waals surface area contributed by atoms with Crippen molar-refractivity contribution in [2.75, 3.05) is 29.6 Å². The van der Waals surface area contributed by atoms with Crippen LogP contribution in [0.5, 0.6) is 11.5 Å². The Balaban J connectivity index is 1.56. The van der Waals surface area contributed by atoms with Crippen molar-refractivity contribution in [3.05, 3.63) is 126 Å². The topological polar surface area (TPSA) is 132 Å². The van der Waals surface area contributed by atoms with E-state index >= 15 is 0 Å². The predicted molar refractivity (Wildman–Crippen MR) is 172 cm³/mol. The number of hydrogen-bond donors (Lipinski definition) is 4. The first-order chi connectivity index (χ1) is 21.4. The third-order valence-electron chi connectivity index (χ3n) is 6.55. The molecule has 228 valence electrons. The molecule has 2 amide bonds. The summed E-state index contributed by atoms with van der Waals surface area (Å²) in [6.07, 6.45) is 1.86. The quantitative estimate of drug-likeness (QED) is 0.0947. The Morgan fingerprint density at radius 3 is 2.36 bits per heavy atom. The Labute approximate surface area is 257 Å². The standard InChI is InChI=1S/C35H37N3O6/c1-25-18-20-27(21-19-25)37-35(41)44-34(26-10-9-13-29(24-26)42-23-22-39)32(43-28-11-3-2-4-12-28)16-7-8-17-33(40)38-31-15-6-5-14-30(31)36/h2-6,8-15,17-21,24,32,34,39H,7,16,22-23,36H2,1H3,(H,37,41)(H,38,40)/b17-8+/t32-,34-/m0/s1. The van der Waals surface area contributed by atoms with Crippen LogP contribution in [-0.2, 0) is 9.53 Å². The number of aliphatic hydroxyl groups excluding tert-OH is 1. The zero-order valence-corrected chi connectivity index (χ0v) is 24.5. The second-order valence-electron chi connectivity index (χ2n) is 9.99. The fourth-order valence-corrected chi connectivity index (χ4v) is 4.38. The summed E-state index contributed by atoms with van der Waals surface area (Å²) < 4.78 is 18.1. The van der Waals surface area contributed by atoms with Crippen LogP contribution in [0, 0.1) is 6.92 Å². The van der Waals surface area contributed by atoms with Gasteiger partial charge in [0.2, 0.25) is 5.91 Å². The Bertz CT molecular complexity index is 1530. The second kappa shape index (κ2) is 16.4. The number of ether oxygens (including phenoxy) is 3. The zero-order chi connectivity index (χ0) is 31.1. The summed E-state index contributed by atoms with van der Waals surface area (Å²) in [5.41, 5.74) is 9.23. The van der Waals surface area contributed by atoms with E-state index in [0.717, 1.165) is 5.56 Å². The van der Waals surface area contributed by atoms with Crippen LogP contribution in [0.3, 0.4) is 0 Å². The Morgan fingerprint density at radius 2 is 1.61 bits per heavy atom. The van der Waals surface area contributed by atoms with Gasteiger partial charge in [-0.15, -0.1) is 0 Å². The predicted octanol–water partition coefficient (Wildman–Crippen LogP) is 6.66. The highest BCUT2D eigenvalue weighted by molar-refractivity contribution is 6.01. The molecule has 0 radical (unpaired) electrons. The normalized spacial score (nSPS) is 12.2. The minimum Gasteiger partial charge on any atom is -0.491 e. The molecular formula is C35H37N3O6. The average Bonchev–Trinajstić information content (AvgIpc) is 3.03. The lowest BCUT2D eigenvalue weighted by molar-refractivity contribution is -0.111. The first kappa shape index (κ1) is 31.7. The van der Waals surface area contributed by atoms with Gasteiger partial charge in [0.05, 0.1) is 18.0 Å². The summed E-state index contributed by atoms with van der Waals surface area (Å²) in [5.74, 6) is 0.792. The van der Waals surface area contributed by atoms with E-state index in [-0.39, 0.29) is 19.1 Å². The summed E-state index contributed by atoms with van der Waals surface area (Å²) in [6, 6.07) is 30.8. The van der Waals surface area contributed by atoms with E-state index < -0.39 is 18.3 Å². The highest BCUT2D eigenvalue weighted by Crippen LogP contribution is 2.31. The number of carbonyl (C=O) groups is 2. The van der Waals surface area contributed by atoms with Crippen molar-refractivity contribution < 1.29 is 28.9 Å². The number of para-hydroxylation sites is 3. The Hall–Kier alpha value is -5.28. The van der Waals surface area contributed by atoms with Gasteiger partial charge >= 0.3 is 6.09 Å². The number of aryl methyl sites for hydroxylation is 1. The second-order valence-corrected chi connectivity index (χ2v) is 9.99. The van der Waals surface area contributed by atoms with E-state index in [1.54, 1.807) is 60.7 Å². The number of hydrogen-bond acceptors (Lipinski definition) is 7. The number of aliphatic hydroxyl groups is 1. The minimum absolute atomic E-state index is 0.119. The van der Waals surface area contributed by atoms with Gasteiger partial charge in [0.25, 0.3) is 0 Å². The number of carbonyl (C=O) groups excluding carboxylic acids is 2. The first-order valence-electron chi connectivity index (χ1n) is 14.3. The van der Waals surface area contributed by atoms with E-state index in [1.165, 1.54) is 6.08 Å². The molecule has 0 saturated heterocycles. The maximum atomic E-state index is 13.2. The van der Waals surface area contributed by atoms with Crippen molar-refractivity contribution in [2.24, 2.45) is 0 Å². The van der Waals surface area contributed by atoms with Crippen LogP contribution in [0.1, 0.15) is 30.1 Å². The molecule has 4 aromatic rings. The zero-order valence-electron chi connectivity index (χ0n) is 24.5. The van der Waals surface area contributed by atoms with Crippen LogP contribution in [0.25, 0.3) is 0 Å². The number of anilines is 3. The largest absolute Gasteiger partial charge is 0.491 e. The number of amides is 2. The van der Waals surface area contributed by atoms with Crippen molar-refractivity contribution in [3.8, 4) is 11.5 Å². The molecule has 0 unspecified atom stereocenters. The summed E-state index contributed by atoms with van der Waals surface area (Å²) in [7, 11) is 0. The molecule has 44 heavy (non-hydrogen) atoms. The molecule has 4 rings (SSSR count).